The highest BCUT2D eigenvalue weighted by molar-refractivity contribution is 7.89. The number of halogens is 4. The van der Waals surface area contributed by atoms with Crippen LogP contribution in [0, 0.1) is 5.82 Å². The maximum absolute atomic E-state index is 13.8. The largest absolute Gasteiger partial charge is 0.411 e. The maximum atomic E-state index is 13.8. The summed E-state index contributed by atoms with van der Waals surface area (Å²) in [5, 5.41) is 10.8. The number of alkyl halides is 3. The standard InChI is InChI=1S/C25H22F4N6O2S/c1-14(15-4-8-18(9-5-15)38(30,36)37)31-23-33-20-11-10-19(16-2-6-17(26)7-3-16)32-21(20)22(34-23)35-24(12-13-24)25(27,28)29/h2-11,14H,12-13H2,1H3,(H2,30,36,37)(H2,31,33,34,35)/t14-/m1/s1. The summed E-state index contributed by atoms with van der Waals surface area (Å²) >= 11 is 0. The molecule has 1 fully saturated rings. The zero-order valence-electron chi connectivity index (χ0n) is 19.9. The zero-order valence-corrected chi connectivity index (χ0v) is 20.7. The number of nitrogens with zero attached hydrogens (tertiary/aromatic N) is 3. The molecule has 1 aliphatic carbocycles. The number of fused-ring (bicyclic) bond motifs is 1. The summed E-state index contributed by atoms with van der Waals surface area (Å²) in [6, 6.07) is 14.2. The average Bonchev–Trinajstić information content (AvgIpc) is 3.65. The van der Waals surface area contributed by atoms with Crippen LogP contribution in [0.4, 0.5) is 29.3 Å². The molecule has 2 aromatic carbocycles. The second kappa shape index (κ2) is 9.17. The first-order valence-corrected chi connectivity index (χ1v) is 13.1. The van der Waals surface area contributed by atoms with Crippen LogP contribution in [0.2, 0.25) is 0 Å². The third kappa shape index (κ3) is 5.11. The fourth-order valence-electron chi connectivity index (χ4n) is 4.00. The molecule has 0 saturated heterocycles. The molecule has 38 heavy (non-hydrogen) atoms. The van der Waals surface area contributed by atoms with Gasteiger partial charge in [0.25, 0.3) is 0 Å². The monoisotopic (exact) mass is 546 g/mol. The molecule has 198 valence electrons. The highest BCUT2D eigenvalue weighted by Crippen LogP contribution is 2.51. The minimum absolute atomic E-state index is 0.0493. The highest BCUT2D eigenvalue weighted by Gasteiger charge is 2.64. The predicted octanol–water partition coefficient (Wildman–Crippen LogP) is 5.16. The molecule has 5 rings (SSSR count). The number of hydrogen-bond donors (Lipinski definition) is 3. The van der Waals surface area contributed by atoms with Crippen LogP contribution in [0.15, 0.2) is 65.6 Å². The lowest BCUT2D eigenvalue weighted by Crippen LogP contribution is -2.39. The normalized spacial score (nSPS) is 15.7. The van der Waals surface area contributed by atoms with Crippen molar-refractivity contribution in [2.45, 2.75) is 42.4 Å². The second-order valence-corrected chi connectivity index (χ2v) is 10.7. The van der Waals surface area contributed by atoms with Gasteiger partial charge in [0.1, 0.15) is 16.9 Å². The van der Waals surface area contributed by atoms with Gasteiger partial charge in [-0.25, -0.2) is 27.9 Å². The predicted molar refractivity (Wildman–Crippen MR) is 134 cm³/mol. The number of aromatic nitrogens is 3. The molecule has 1 atom stereocenters. The zero-order chi connectivity index (χ0) is 27.3. The minimum atomic E-state index is -4.50. The topological polar surface area (TPSA) is 123 Å². The number of nitrogens with two attached hydrogens (primary N) is 1. The number of hydrogen-bond acceptors (Lipinski definition) is 7. The average molecular weight is 547 g/mol. The van der Waals surface area contributed by atoms with Crippen LogP contribution < -0.4 is 15.8 Å². The Hall–Kier alpha value is -3.84. The molecule has 0 aliphatic heterocycles. The van der Waals surface area contributed by atoms with E-state index in [1.165, 1.54) is 36.4 Å². The first-order valence-electron chi connectivity index (χ1n) is 11.5. The molecule has 13 heteroatoms. The number of sulfonamides is 1. The van der Waals surface area contributed by atoms with E-state index < -0.39 is 33.6 Å². The van der Waals surface area contributed by atoms with Crippen LogP contribution in [0.1, 0.15) is 31.4 Å². The van der Waals surface area contributed by atoms with Crippen molar-refractivity contribution in [3.63, 3.8) is 0 Å². The Morgan fingerprint density at radius 3 is 2.18 bits per heavy atom. The van der Waals surface area contributed by atoms with E-state index in [1.807, 2.05) is 0 Å². The fourth-order valence-corrected chi connectivity index (χ4v) is 4.52. The Balaban J connectivity index is 1.52. The van der Waals surface area contributed by atoms with E-state index in [0.29, 0.717) is 22.3 Å². The summed E-state index contributed by atoms with van der Waals surface area (Å²) in [7, 11) is -3.85. The molecule has 1 saturated carbocycles. The molecule has 0 unspecified atom stereocenters. The molecule has 0 bridgehead atoms. The van der Waals surface area contributed by atoms with E-state index in [2.05, 4.69) is 25.6 Å². The summed E-state index contributed by atoms with van der Waals surface area (Å²) in [6.45, 7) is 1.76. The third-order valence-electron chi connectivity index (χ3n) is 6.39. The lowest BCUT2D eigenvalue weighted by Gasteiger charge is -2.23. The van der Waals surface area contributed by atoms with Gasteiger partial charge in [0.15, 0.2) is 5.82 Å². The SMILES string of the molecule is C[C@@H](Nc1nc(NC2(C(F)(F)F)CC2)c2nc(-c3ccc(F)cc3)ccc2n1)c1ccc(S(N)(=O)=O)cc1. The lowest BCUT2D eigenvalue weighted by molar-refractivity contribution is -0.151. The molecule has 4 aromatic rings. The van der Waals surface area contributed by atoms with Crippen molar-refractivity contribution in [3.05, 3.63) is 72.0 Å². The Labute approximate surface area is 215 Å². The minimum Gasteiger partial charge on any atom is -0.354 e. The number of pyridine rings is 1. The smallest absolute Gasteiger partial charge is 0.354 e. The van der Waals surface area contributed by atoms with E-state index in [0.717, 1.165) is 0 Å². The highest BCUT2D eigenvalue weighted by atomic mass is 32.2. The summed E-state index contributed by atoms with van der Waals surface area (Å²) in [4.78, 5) is 13.2. The van der Waals surface area contributed by atoms with Crippen molar-refractivity contribution >= 4 is 32.8 Å². The Bertz CT molecular complexity index is 1610. The Kier molecular flexibility index (Phi) is 6.22. The number of rotatable bonds is 7. The number of benzene rings is 2. The van der Waals surface area contributed by atoms with E-state index >= 15 is 0 Å². The van der Waals surface area contributed by atoms with Gasteiger partial charge in [0.05, 0.1) is 22.1 Å². The lowest BCUT2D eigenvalue weighted by atomic mass is 10.1. The third-order valence-corrected chi connectivity index (χ3v) is 7.32. The number of primary sulfonamides is 1. The van der Waals surface area contributed by atoms with Gasteiger partial charge in [0, 0.05) is 5.56 Å². The van der Waals surface area contributed by atoms with Crippen LogP contribution in [0.25, 0.3) is 22.3 Å². The molecule has 8 nitrogen and oxygen atoms in total. The van der Waals surface area contributed by atoms with Crippen LogP contribution in [-0.2, 0) is 10.0 Å². The number of anilines is 2. The van der Waals surface area contributed by atoms with E-state index in [9.17, 15) is 26.0 Å². The molecular formula is C25H22F4N6O2S. The van der Waals surface area contributed by atoms with Crippen molar-refractivity contribution in [1.82, 2.24) is 15.0 Å². The molecule has 4 N–H and O–H groups in total. The summed E-state index contributed by atoms with van der Waals surface area (Å²) < 4.78 is 77.8. The summed E-state index contributed by atoms with van der Waals surface area (Å²) in [6.07, 6.45) is -4.70. The first kappa shape index (κ1) is 25.8. The van der Waals surface area contributed by atoms with Crippen molar-refractivity contribution in [1.29, 1.82) is 0 Å². The molecular weight excluding hydrogens is 524 g/mol. The van der Waals surface area contributed by atoms with Gasteiger partial charge in [-0.05, 0) is 73.9 Å². The molecule has 0 radical (unpaired) electrons. The van der Waals surface area contributed by atoms with Crippen molar-refractivity contribution in [2.24, 2.45) is 5.14 Å². The van der Waals surface area contributed by atoms with E-state index in [-0.39, 0.29) is 35.0 Å². The second-order valence-electron chi connectivity index (χ2n) is 9.15. The summed E-state index contributed by atoms with van der Waals surface area (Å²) in [5.74, 6) is -0.462. The Morgan fingerprint density at radius 1 is 0.947 bits per heavy atom. The van der Waals surface area contributed by atoms with Crippen molar-refractivity contribution < 1.29 is 26.0 Å². The van der Waals surface area contributed by atoms with Gasteiger partial charge >= 0.3 is 6.18 Å². The van der Waals surface area contributed by atoms with Crippen LogP contribution in [-0.4, -0.2) is 35.1 Å². The quantitative estimate of drug-likeness (QED) is 0.274. The fraction of sp³-hybridized carbons (Fsp3) is 0.240. The van der Waals surface area contributed by atoms with Gasteiger partial charge in [-0.1, -0.05) is 12.1 Å². The summed E-state index contributed by atoms with van der Waals surface area (Å²) in [5.41, 5.74) is 0.00637. The van der Waals surface area contributed by atoms with E-state index in [4.69, 9.17) is 5.14 Å². The number of nitrogens with one attached hydrogen (secondary N) is 2. The van der Waals surface area contributed by atoms with Gasteiger partial charge in [-0.15, -0.1) is 0 Å². The van der Waals surface area contributed by atoms with E-state index in [1.54, 1.807) is 31.2 Å². The first-order chi connectivity index (χ1) is 17.8. The van der Waals surface area contributed by atoms with Crippen molar-refractivity contribution in [2.75, 3.05) is 10.6 Å². The van der Waals surface area contributed by atoms with Gasteiger partial charge in [-0.2, -0.15) is 18.2 Å². The van der Waals surface area contributed by atoms with Gasteiger partial charge < -0.3 is 10.6 Å². The molecule has 0 amide bonds. The molecule has 2 heterocycles. The Morgan fingerprint density at radius 2 is 1.61 bits per heavy atom. The van der Waals surface area contributed by atoms with Gasteiger partial charge in [0.2, 0.25) is 16.0 Å². The molecule has 1 aliphatic rings. The van der Waals surface area contributed by atoms with Crippen LogP contribution in [0.3, 0.4) is 0 Å². The molecule has 2 aromatic heterocycles. The van der Waals surface area contributed by atoms with Crippen LogP contribution >= 0.6 is 0 Å². The van der Waals surface area contributed by atoms with Crippen LogP contribution in [0.5, 0.6) is 0 Å². The maximum Gasteiger partial charge on any atom is 0.411 e. The van der Waals surface area contributed by atoms with Crippen molar-refractivity contribution in [3.8, 4) is 11.3 Å². The van der Waals surface area contributed by atoms with Gasteiger partial charge in [-0.3, -0.25) is 0 Å². The molecule has 0 spiro atoms.